The van der Waals surface area contributed by atoms with Crippen LogP contribution in [0.5, 0.6) is 0 Å². The van der Waals surface area contributed by atoms with Gasteiger partial charge in [0.2, 0.25) is 0 Å². The highest BCUT2D eigenvalue weighted by molar-refractivity contribution is 7.99. The number of alkyl halides is 3. The Morgan fingerprint density at radius 3 is 2.59 bits per heavy atom. The van der Waals surface area contributed by atoms with Crippen molar-refractivity contribution >= 4 is 23.4 Å². The molecular formula is C16H13ClF3N5OS. The second kappa shape index (κ2) is 8.24. The summed E-state index contributed by atoms with van der Waals surface area (Å²) < 4.78 is 45.2. The number of aromatic nitrogens is 5. The van der Waals surface area contributed by atoms with Crippen molar-refractivity contribution in [3.05, 3.63) is 47.4 Å². The fourth-order valence-corrected chi connectivity index (χ4v) is 3.29. The van der Waals surface area contributed by atoms with E-state index in [9.17, 15) is 13.2 Å². The Balaban J connectivity index is 1.94. The normalized spacial score (nSPS) is 11.7. The molecule has 0 saturated carbocycles. The molecule has 3 aromatic heterocycles. The first-order valence-electron chi connectivity index (χ1n) is 7.63. The molecule has 0 aliphatic rings. The zero-order valence-corrected chi connectivity index (χ0v) is 15.5. The van der Waals surface area contributed by atoms with E-state index in [-0.39, 0.29) is 10.0 Å². The van der Waals surface area contributed by atoms with Crippen LogP contribution in [0.3, 0.4) is 0 Å². The predicted molar refractivity (Wildman–Crippen MR) is 93.5 cm³/mol. The third kappa shape index (κ3) is 4.57. The van der Waals surface area contributed by atoms with Gasteiger partial charge < -0.3 is 4.74 Å². The van der Waals surface area contributed by atoms with Crippen molar-refractivity contribution in [2.45, 2.75) is 22.9 Å². The van der Waals surface area contributed by atoms with Crippen LogP contribution in [0, 0.1) is 0 Å². The molecule has 0 fully saturated rings. The lowest BCUT2D eigenvalue weighted by atomic mass is 10.2. The van der Waals surface area contributed by atoms with Crippen molar-refractivity contribution < 1.29 is 17.9 Å². The van der Waals surface area contributed by atoms with Gasteiger partial charge in [-0.3, -0.25) is 9.55 Å². The van der Waals surface area contributed by atoms with Crippen LogP contribution < -0.4 is 0 Å². The SMILES string of the molecule is COCCn1c(Sc2ncc(C(F)(F)F)cc2Cl)nnc1-c1ccncc1. The van der Waals surface area contributed by atoms with Crippen molar-refractivity contribution in [2.24, 2.45) is 0 Å². The van der Waals surface area contributed by atoms with Crippen molar-refractivity contribution in [3.8, 4) is 11.4 Å². The largest absolute Gasteiger partial charge is 0.417 e. The average molecular weight is 416 g/mol. The summed E-state index contributed by atoms with van der Waals surface area (Å²) in [5, 5.41) is 8.85. The first-order chi connectivity index (χ1) is 12.9. The smallest absolute Gasteiger partial charge is 0.383 e. The Morgan fingerprint density at radius 2 is 1.96 bits per heavy atom. The number of halogens is 4. The Morgan fingerprint density at radius 1 is 1.22 bits per heavy atom. The molecule has 0 aliphatic heterocycles. The fraction of sp³-hybridized carbons (Fsp3) is 0.250. The molecule has 3 rings (SSSR count). The van der Waals surface area contributed by atoms with E-state index in [1.165, 1.54) is 0 Å². The minimum absolute atomic E-state index is 0.110. The van der Waals surface area contributed by atoms with Crippen molar-refractivity contribution in [1.29, 1.82) is 0 Å². The van der Waals surface area contributed by atoms with Crippen LogP contribution in [0.25, 0.3) is 11.4 Å². The number of hydrogen-bond donors (Lipinski definition) is 0. The summed E-state index contributed by atoms with van der Waals surface area (Å²) in [5.74, 6) is 0.583. The molecule has 0 unspecified atom stereocenters. The maximum atomic E-state index is 12.8. The maximum absolute atomic E-state index is 12.8. The van der Waals surface area contributed by atoms with Gasteiger partial charge in [0.15, 0.2) is 11.0 Å². The fourth-order valence-electron chi connectivity index (χ4n) is 2.20. The summed E-state index contributed by atoms with van der Waals surface area (Å²) in [7, 11) is 1.57. The van der Waals surface area contributed by atoms with Crippen molar-refractivity contribution in [3.63, 3.8) is 0 Å². The molecule has 0 saturated heterocycles. The van der Waals surface area contributed by atoms with Crippen LogP contribution in [0.1, 0.15) is 5.56 Å². The molecule has 0 atom stereocenters. The van der Waals surface area contributed by atoms with E-state index in [4.69, 9.17) is 16.3 Å². The molecule has 0 radical (unpaired) electrons. The number of hydrogen-bond acceptors (Lipinski definition) is 6. The highest BCUT2D eigenvalue weighted by Crippen LogP contribution is 2.36. The van der Waals surface area contributed by atoms with Gasteiger partial charge in [0, 0.05) is 31.3 Å². The third-order valence-corrected chi connectivity index (χ3v) is 4.90. The zero-order chi connectivity index (χ0) is 19.4. The molecule has 0 bridgehead atoms. The summed E-state index contributed by atoms with van der Waals surface area (Å²) >= 11 is 7.03. The quantitative estimate of drug-likeness (QED) is 0.601. The van der Waals surface area contributed by atoms with E-state index in [2.05, 4.69) is 20.2 Å². The molecule has 0 spiro atoms. The van der Waals surface area contributed by atoms with Crippen molar-refractivity contribution in [2.75, 3.05) is 13.7 Å². The Kier molecular flexibility index (Phi) is 5.98. The van der Waals surface area contributed by atoms with Gasteiger partial charge in [-0.2, -0.15) is 13.2 Å². The van der Waals surface area contributed by atoms with E-state index in [1.807, 2.05) is 0 Å². The van der Waals surface area contributed by atoms with Crippen LogP contribution in [0.2, 0.25) is 5.02 Å². The molecule has 0 N–H and O–H groups in total. The van der Waals surface area contributed by atoms with E-state index in [1.54, 1.807) is 36.2 Å². The lowest BCUT2D eigenvalue weighted by molar-refractivity contribution is -0.137. The highest BCUT2D eigenvalue weighted by Gasteiger charge is 2.31. The second-order valence-corrected chi connectivity index (χ2v) is 6.66. The molecule has 27 heavy (non-hydrogen) atoms. The minimum Gasteiger partial charge on any atom is -0.383 e. The summed E-state index contributed by atoms with van der Waals surface area (Å²) in [6.45, 7) is 0.847. The van der Waals surface area contributed by atoms with Crippen LogP contribution in [0.15, 0.2) is 47.0 Å². The first-order valence-corrected chi connectivity index (χ1v) is 8.82. The van der Waals surface area contributed by atoms with E-state index >= 15 is 0 Å². The van der Waals surface area contributed by atoms with Gasteiger partial charge in [-0.25, -0.2) is 4.98 Å². The zero-order valence-electron chi connectivity index (χ0n) is 13.9. The molecule has 6 nitrogen and oxygen atoms in total. The summed E-state index contributed by atoms with van der Waals surface area (Å²) in [5.41, 5.74) is -0.109. The van der Waals surface area contributed by atoms with E-state index in [0.717, 1.165) is 29.6 Å². The Hall–Kier alpha value is -2.17. The van der Waals surface area contributed by atoms with E-state index < -0.39 is 11.7 Å². The van der Waals surface area contributed by atoms with Crippen LogP contribution in [-0.4, -0.2) is 38.4 Å². The predicted octanol–water partition coefficient (Wildman–Crippen LogP) is 4.20. The van der Waals surface area contributed by atoms with E-state index in [0.29, 0.717) is 24.1 Å². The van der Waals surface area contributed by atoms with Gasteiger partial charge in [-0.05, 0) is 30.0 Å². The number of methoxy groups -OCH3 is 1. The maximum Gasteiger partial charge on any atom is 0.417 e. The van der Waals surface area contributed by atoms with Gasteiger partial charge >= 0.3 is 6.18 Å². The number of pyridine rings is 2. The summed E-state index contributed by atoms with van der Waals surface area (Å²) in [6.07, 6.45) is -0.502. The van der Waals surface area contributed by atoms with Crippen LogP contribution in [-0.2, 0) is 17.5 Å². The topological polar surface area (TPSA) is 65.7 Å². The number of rotatable bonds is 6. The summed E-state index contributed by atoms with van der Waals surface area (Å²) in [4.78, 5) is 7.80. The van der Waals surface area contributed by atoms with Crippen LogP contribution in [0.4, 0.5) is 13.2 Å². The third-order valence-electron chi connectivity index (χ3n) is 3.50. The molecule has 142 valence electrons. The molecule has 0 aromatic carbocycles. The lowest BCUT2D eigenvalue weighted by Gasteiger charge is -2.11. The van der Waals surface area contributed by atoms with Gasteiger partial charge in [-0.1, -0.05) is 11.6 Å². The molecule has 3 aromatic rings. The number of nitrogens with zero attached hydrogens (tertiary/aromatic N) is 5. The lowest BCUT2D eigenvalue weighted by Crippen LogP contribution is -2.08. The molecule has 0 aliphatic carbocycles. The second-order valence-electron chi connectivity index (χ2n) is 5.30. The average Bonchev–Trinajstić information content (AvgIpc) is 3.04. The number of ether oxygens (including phenoxy) is 1. The molecular weight excluding hydrogens is 403 g/mol. The van der Waals surface area contributed by atoms with Crippen molar-refractivity contribution in [1.82, 2.24) is 24.7 Å². The van der Waals surface area contributed by atoms with Gasteiger partial charge in [0.25, 0.3) is 0 Å². The van der Waals surface area contributed by atoms with Gasteiger partial charge in [-0.15, -0.1) is 10.2 Å². The Labute approximate surface area is 161 Å². The molecule has 0 amide bonds. The minimum atomic E-state index is -4.51. The standard InChI is InChI=1S/C16H13ClF3N5OS/c1-26-7-6-25-13(10-2-4-21-5-3-10)23-24-15(25)27-14-12(17)8-11(9-22-14)16(18,19)20/h2-5,8-9H,6-7H2,1H3. The molecule has 11 heteroatoms. The first kappa shape index (κ1) is 19.6. The Bertz CT molecular complexity index is 920. The molecule has 3 heterocycles. The summed E-state index contributed by atoms with van der Waals surface area (Å²) in [6, 6.07) is 4.41. The monoisotopic (exact) mass is 415 g/mol. The van der Waals surface area contributed by atoms with Gasteiger partial charge in [0.1, 0.15) is 5.03 Å². The van der Waals surface area contributed by atoms with Crippen LogP contribution >= 0.6 is 23.4 Å². The highest BCUT2D eigenvalue weighted by atomic mass is 35.5. The van der Waals surface area contributed by atoms with Gasteiger partial charge in [0.05, 0.1) is 23.7 Å².